The zero-order valence-corrected chi connectivity index (χ0v) is 12.0. The normalized spacial score (nSPS) is 11.9. The van der Waals surface area contributed by atoms with E-state index in [9.17, 15) is 0 Å². The summed E-state index contributed by atoms with van der Waals surface area (Å²) in [5.41, 5.74) is 2.11. The third-order valence-electron chi connectivity index (χ3n) is 2.75. The highest BCUT2D eigenvalue weighted by Gasteiger charge is 2.06. The van der Waals surface area contributed by atoms with E-state index in [0.717, 1.165) is 16.9 Å². The van der Waals surface area contributed by atoms with E-state index in [4.69, 9.17) is 18.9 Å². The van der Waals surface area contributed by atoms with E-state index in [1.165, 1.54) is 0 Å². The number of rotatable bonds is 8. The van der Waals surface area contributed by atoms with E-state index < -0.39 is 0 Å². The van der Waals surface area contributed by atoms with Gasteiger partial charge in [-0.1, -0.05) is 18.2 Å². The molecule has 0 N–H and O–H groups in total. The Bertz CT molecular complexity index is 380. The lowest BCUT2D eigenvalue weighted by molar-refractivity contribution is -0.0751. The van der Waals surface area contributed by atoms with Crippen LogP contribution in [-0.2, 0) is 20.8 Å². The predicted molar refractivity (Wildman–Crippen MR) is 74.2 cm³/mol. The van der Waals surface area contributed by atoms with Gasteiger partial charge < -0.3 is 18.9 Å². The van der Waals surface area contributed by atoms with Crippen molar-refractivity contribution in [2.24, 2.45) is 0 Å². The summed E-state index contributed by atoms with van der Waals surface area (Å²) in [4.78, 5) is 0. The monoisotopic (exact) mass is 266 g/mol. The summed E-state index contributed by atoms with van der Waals surface area (Å²) >= 11 is 0. The summed E-state index contributed by atoms with van der Waals surface area (Å²) in [7, 11) is 4.88. The molecule has 0 amide bonds. The predicted octanol–water partition coefficient (Wildman–Crippen LogP) is 2.78. The molecule has 1 rings (SSSR count). The molecule has 0 atom stereocenters. The summed E-state index contributed by atoms with van der Waals surface area (Å²) in [6, 6.07) is 7.82. The topological polar surface area (TPSA) is 36.9 Å². The van der Waals surface area contributed by atoms with Crippen molar-refractivity contribution in [3.63, 3.8) is 0 Å². The summed E-state index contributed by atoms with van der Waals surface area (Å²) in [6.45, 7) is 3.05. The van der Waals surface area contributed by atoms with E-state index in [1.54, 1.807) is 21.3 Å². The fourth-order valence-electron chi connectivity index (χ4n) is 1.65. The van der Waals surface area contributed by atoms with Crippen LogP contribution in [-0.4, -0.2) is 34.2 Å². The lowest BCUT2D eigenvalue weighted by Crippen LogP contribution is -2.14. The van der Waals surface area contributed by atoms with Crippen LogP contribution < -0.4 is 4.74 Å². The average Bonchev–Trinajstić information content (AvgIpc) is 2.45. The van der Waals surface area contributed by atoms with Crippen molar-refractivity contribution in [3.8, 4) is 5.75 Å². The Morgan fingerprint density at radius 1 is 1.11 bits per heavy atom. The van der Waals surface area contributed by atoms with Crippen molar-refractivity contribution in [2.75, 3.05) is 27.9 Å². The number of benzene rings is 1. The molecular formula is C15H22O4. The Hall–Kier alpha value is -1.36. The van der Waals surface area contributed by atoms with Gasteiger partial charge in [0.2, 0.25) is 0 Å². The molecule has 0 aromatic heterocycles. The number of ether oxygens (including phenoxy) is 4. The molecule has 1 aromatic carbocycles. The molecular weight excluding hydrogens is 244 g/mol. The van der Waals surface area contributed by atoms with Gasteiger partial charge in [-0.2, -0.15) is 0 Å². The van der Waals surface area contributed by atoms with Crippen LogP contribution in [0.1, 0.15) is 12.5 Å². The molecule has 0 radical (unpaired) electrons. The van der Waals surface area contributed by atoms with Crippen LogP contribution in [0.25, 0.3) is 0 Å². The molecule has 0 saturated carbocycles. The Kier molecular flexibility index (Phi) is 7.18. The summed E-state index contributed by atoms with van der Waals surface area (Å²) < 4.78 is 21.0. The zero-order valence-electron chi connectivity index (χ0n) is 12.0. The summed E-state index contributed by atoms with van der Waals surface area (Å²) in [6.07, 6.45) is 1.66. The standard InChI is InChI=1S/C15H22O4/c1-12(15(17-3)18-4)9-10-19-11-13-5-7-14(16-2)8-6-13/h5-9,15H,10-11H2,1-4H3/b12-9+. The van der Waals surface area contributed by atoms with Crippen molar-refractivity contribution < 1.29 is 18.9 Å². The Morgan fingerprint density at radius 3 is 2.26 bits per heavy atom. The van der Waals surface area contributed by atoms with E-state index in [0.29, 0.717) is 13.2 Å². The van der Waals surface area contributed by atoms with Crippen LogP contribution >= 0.6 is 0 Å². The molecule has 1 aromatic rings. The number of hydrogen-bond acceptors (Lipinski definition) is 4. The molecule has 106 valence electrons. The second-order valence-corrected chi connectivity index (χ2v) is 4.11. The molecule has 0 bridgehead atoms. The second-order valence-electron chi connectivity index (χ2n) is 4.11. The molecule has 0 heterocycles. The first-order chi connectivity index (χ1) is 9.21. The first kappa shape index (κ1) is 15.7. The smallest absolute Gasteiger partial charge is 0.178 e. The number of methoxy groups -OCH3 is 3. The minimum absolute atomic E-state index is 0.301. The molecule has 0 spiro atoms. The lowest BCUT2D eigenvalue weighted by Gasteiger charge is -2.13. The number of hydrogen-bond donors (Lipinski definition) is 0. The third-order valence-corrected chi connectivity index (χ3v) is 2.75. The van der Waals surface area contributed by atoms with Gasteiger partial charge in [0.15, 0.2) is 6.29 Å². The Balaban J connectivity index is 2.35. The van der Waals surface area contributed by atoms with Crippen LogP contribution in [0.4, 0.5) is 0 Å². The van der Waals surface area contributed by atoms with Gasteiger partial charge in [0, 0.05) is 14.2 Å². The van der Waals surface area contributed by atoms with Gasteiger partial charge in [-0.25, -0.2) is 0 Å². The average molecular weight is 266 g/mol. The zero-order chi connectivity index (χ0) is 14.1. The van der Waals surface area contributed by atoms with E-state index in [-0.39, 0.29) is 6.29 Å². The van der Waals surface area contributed by atoms with Crippen molar-refractivity contribution in [1.29, 1.82) is 0 Å². The molecule has 4 heteroatoms. The van der Waals surface area contributed by atoms with Gasteiger partial charge in [-0.15, -0.1) is 0 Å². The highest BCUT2D eigenvalue weighted by atomic mass is 16.7. The fourth-order valence-corrected chi connectivity index (χ4v) is 1.65. The molecule has 19 heavy (non-hydrogen) atoms. The minimum Gasteiger partial charge on any atom is -0.497 e. The second kappa shape index (κ2) is 8.69. The van der Waals surface area contributed by atoms with E-state index in [1.807, 2.05) is 37.3 Å². The van der Waals surface area contributed by atoms with Gasteiger partial charge in [0.25, 0.3) is 0 Å². The van der Waals surface area contributed by atoms with Crippen LogP contribution in [0.3, 0.4) is 0 Å². The molecule has 0 fully saturated rings. The maximum Gasteiger partial charge on any atom is 0.178 e. The summed E-state index contributed by atoms with van der Waals surface area (Å²) in [5.74, 6) is 0.850. The molecule has 0 aliphatic heterocycles. The Labute approximate surface area is 114 Å². The highest BCUT2D eigenvalue weighted by Crippen LogP contribution is 2.12. The minimum atomic E-state index is -0.301. The van der Waals surface area contributed by atoms with Gasteiger partial charge >= 0.3 is 0 Å². The van der Waals surface area contributed by atoms with Crippen LogP contribution in [0.5, 0.6) is 5.75 Å². The van der Waals surface area contributed by atoms with Gasteiger partial charge in [0.1, 0.15) is 5.75 Å². The van der Waals surface area contributed by atoms with Crippen molar-refractivity contribution >= 4 is 0 Å². The Morgan fingerprint density at radius 2 is 1.74 bits per heavy atom. The van der Waals surface area contributed by atoms with E-state index in [2.05, 4.69) is 0 Å². The van der Waals surface area contributed by atoms with Crippen LogP contribution in [0.2, 0.25) is 0 Å². The van der Waals surface area contributed by atoms with Crippen molar-refractivity contribution in [1.82, 2.24) is 0 Å². The molecule has 4 nitrogen and oxygen atoms in total. The SMILES string of the molecule is COc1ccc(COC/C=C(\C)C(OC)OC)cc1. The first-order valence-corrected chi connectivity index (χ1v) is 6.14. The van der Waals surface area contributed by atoms with Gasteiger partial charge in [-0.3, -0.25) is 0 Å². The quantitative estimate of drug-likeness (QED) is 0.412. The van der Waals surface area contributed by atoms with Crippen LogP contribution in [0, 0.1) is 0 Å². The fraction of sp³-hybridized carbons (Fsp3) is 0.467. The van der Waals surface area contributed by atoms with E-state index >= 15 is 0 Å². The molecule has 0 saturated heterocycles. The highest BCUT2D eigenvalue weighted by molar-refractivity contribution is 5.26. The molecule has 0 aliphatic carbocycles. The third kappa shape index (κ3) is 5.42. The van der Waals surface area contributed by atoms with Crippen molar-refractivity contribution in [3.05, 3.63) is 41.5 Å². The molecule has 0 unspecified atom stereocenters. The van der Waals surface area contributed by atoms with Gasteiger partial charge in [0.05, 0.1) is 20.3 Å². The van der Waals surface area contributed by atoms with Gasteiger partial charge in [-0.05, 0) is 30.2 Å². The first-order valence-electron chi connectivity index (χ1n) is 6.14. The maximum atomic E-state index is 5.57. The summed E-state index contributed by atoms with van der Waals surface area (Å²) in [5, 5.41) is 0. The van der Waals surface area contributed by atoms with Crippen LogP contribution in [0.15, 0.2) is 35.9 Å². The van der Waals surface area contributed by atoms with Crippen molar-refractivity contribution in [2.45, 2.75) is 19.8 Å². The largest absolute Gasteiger partial charge is 0.497 e. The maximum absolute atomic E-state index is 5.57. The lowest BCUT2D eigenvalue weighted by atomic mass is 10.2. The molecule has 0 aliphatic rings.